The Bertz CT molecular complexity index is 874. The lowest BCUT2D eigenvalue weighted by Crippen LogP contribution is -2.50. The number of anilines is 1. The van der Waals surface area contributed by atoms with Gasteiger partial charge in [-0.05, 0) is 35.7 Å². The molecule has 1 saturated heterocycles. The van der Waals surface area contributed by atoms with Crippen LogP contribution in [0.1, 0.15) is 25.3 Å². The van der Waals surface area contributed by atoms with Gasteiger partial charge in [-0.15, -0.1) is 0 Å². The third-order valence-electron chi connectivity index (χ3n) is 5.32. The SMILES string of the molecule is COc1ccccc1N1CCN(C(=O)COC(=O)COc2ccc(C(C)C)cc2)CC1. The zero-order valence-electron chi connectivity index (χ0n) is 18.4. The molecule has 0 bridgehead atoms. The van der Waals surface area contributed by atoms with Gasteiger partial charge in [0.05, 0.1) is 12.8 Å². The van der Waals surface area contributed by atoms with Crippen molar-refractivity contribution in [3.8, 4) is 11.5 Å². The molecule has 0 spiro atoms. The fraction of sp³-hybridized carbons (Fsp3) is 0.417. The van der Waals surface area contributed by atoms with E-state index in [1.807, 2.05) is 48.5 Å². The van der Waals surface area contributed by atoms with E-state index in [2.05, 4.69) is 18.7 Å². The zero-order valence-corrected chi connectivity index (χ0v) is 18.4. The Morgan fingerprint density at radius 2 is 1.61 bits per heavy atom. The van der Waals surface area contributed by atoms with Crippen LogP contribution in [-0.2, 0) is 14.3 Å². The van der Waals surface area contributed by atoms with E-state index in [-0.39, 0.29) is 19.1 Å². The predicted molar refractivity (Wildman–Crippen MR) is 119 cm³/mol. The van der Waals surface area contributed by atoms with E-state index >= 15 is 0 Å². The highest BCUT2D eigenvalue weighted by Crippen LogP contribution is 2.28. The van der Waals surface area contributed by atoms with Gasteiger partial charge in [-0.3, -0.25) is 4.79 Å². The zero-order chi connectivity index (χ0) is 22.2. The molecule has 2 aromatic rings. The number of ether oxygens (including phenoxy) is 3. The number of amides is 1. The number of nitrogens with zero attached hydrogens (tertiary/aromatic N) is 2. The van der Waals surface area contributed by atoms with Gasteiger partial charge in [-0.25, -0.2) is 4.79 Å². The summed E-state index contributed by atoms with van der Waals surface area (Å²) < 4.78 is 16.0. The Kier molecular flexibility index (Phi) is 7.76. The molecule has 7 heteroatoms. The summed E-state index contributed by atoms with van der Waals surface area (Å²) in [7, 11) is 1.65. The molecular weight excluding hydrogens is 396 g/mol. The van der Waals surface area contributed by atoms with Crippen LogP contribution in [0.4, 0.5) is 5.69 Å². The number of hydrogen-bond acceptors (Lipinski definition) is 6. The Morgan fingerprint density at radius 3 is 2.26 bits per heavy atom. The largest absolute Gasteiger partial charge is 0.495 e. The van der Waals surface area contributed by atoms with Gasteiger partial charge in [0.15, 0.2) is 13.2 Å². The van der Waals surface area contributed by atoms with Crippen molar-refractivity contribution in [2.75, 3.05) is 51.4 Å². The lowest BCUT2D eigenvalue weighted by molar-refractivity contribution is -0.153. The van der Waals surface area contributed by atoms with Gasteiger partial charge in [0.25, 0.3) is 5.91 Å². The predicted octanol–water partition coefficient (Wildman–Crippen LogP) is 3.09. The molecule has 0 aliphatic carbocycles. The Hall–Kier alpha value is -3.22. The summed E-state index contributed by atoms with van der Waals surface area (Å²) in [6.07, 6.45) is 0. The second kappa shape index (κ2) is 10.7. The second-order valence-corrected chi connectivity index (χ2v) is 7.71. The normalized spacial score (nSPS) is 13.8. The Morgan fingerprint density at radius 1 is 0.935 bits per heavy atom. The van der Waals surface area contributed by atoms with Crippen LogP contribution < -0.4 is 14.4 Å². The molecule has 166 valence electrons. The molecule has 31 heavy (non-hydrogen) atoms. The minimum Gasteiger partial charge on any atom is -0.495 e. The molecule has 0 radical (unpaired) electrons. The molecule has 1 fully saturated rings. The van der Waals surface area contributed by atoms with Crippen molar-refractivity contribution in [1.29, 1.82) is 0 Å². The number of benzene rings is 2. The molecule has 0 saturated carbocycles. The molecule has 1 aliphatic rings. The Balaban J connectivity index is 1.39. The molecule has 1 aliphatic heterocycles. The van der Waals surface area contributed by atoms with Crippen molar-refractivity contribution in [2.45, 2.75) is 19.8 Å². The van der Waals surface area contributed by atoms with E-state index in [4.69, 9.17) is 14.2 Å². The third-order valence-corrected chi connectivity index (χ3v) is 5.32. The minimum atomic E-state index is -0.561. The molecular formula is C24H30N2O5. The number of para-hydroxylation sites is 2. The molecule has 3 rings (SSSR count). The summed E-state index contributed by atoms with van der Waals surface area (Å²) in [6.45, 7) is 6.23. The summed E-state index contributed by atoms with van der Waals surface area (Å²) >= 11 is 0. The average molecular weight is 427 g/mol. The van der Waals surface area contributed by atoms with Crippen molar-refractivity contribution in [3.63, 3.8) is 0 Å². The third kappa shape index (κ3) is 6.13. The van der Waals surface area contributed by atoms with E-state index in [1.165, 1.54) is 5.56 Å². The number of carbonyl (C=O) groups is 2. The molecule has 1 heterocycles. The highest BCUT2D eigenvalue weighted by atomic mass is 16.6. The van der Waals surface area contributed by atoms with Crippen molar-refractivity contribution >= 4 is 17.6 Å². The van der Waals surface area contributed by atoms with E-state index < -0.39 is 5.97 Å². The van der Waals surface area contributed by atoms with Gasteiger partial charge in [0.2, 0.25) is 0 Å². The quantitative estimate of drug-likeness (QED) is 0.605. The van der Waals surface area contributed by atoms with Crippen LogP contribution in [0.25, 0.3) is 0 Å². The van der Waals surface area contributed by atoms with Crippen LogP contribution in [0.15, 0.2) is 48.5 Å². The monoisotopic (exact) mass is 426 g/mol. The lowest BCUT2D eigenvalue weighted by Gasteiger charge is -2.36. The number of hydrogen-bond donors (Lipinski definition) is 0. The molecule has 0 unspecified atom stereocenters. The topological polar surface area (TPSA) is 68.3 Å². The number of rotatable bonds is 8. The first-order chi connectivity index (χ1) is 15.0. The molecule has 7 nitrogen and oxygen atoms in total. The maximum absolute atomic E-state index is 12.4. The van der Waals surface area contributed by atoms with Gasteiger partial charge in [0, 0.05) is 26.2 Å². The van der Waals surface area contributed by atoms with Crippen molar-refractivity contribution in [1.82, 2.24) is 4.90 Å². The summed E-state index contributed by atoms with van der Waals surface area (Å²) in [5, 5.41) is 0. The maximum atomic E-state index is 12.4. The highest BCUT2D eigenvalue weighted by Gasteiger charge is 2.23. The van der Waals surface area contributed by atoms with E-state index in [1.54, 1.807) is 12.0 Å². The first-order valence-electron chi connectivity index (χ1n) is 10.5. The fourth-order valence-electron chi connectivity index (χ4n) is 3.45. The van der Waals surface area contributed by atoms with Crippen LogP contribution in [0.3, 0.4) is 0 Å². The van der Waals surface area contributed by atoms with Crippen molar-refractivity contribution in [3.05, 3.63) is 54.1 Å². The summed E-state index contributed by atoms with van der Waals surface area (Å²) in [5.41, 5.74) is 2.22. The van der Waals surface area contributed by atoms with E-state index in [9.17, 15) is 9.59 Å². The van der Waals surface area contributed by atoms with E-state index in [0.717, 1.165) is 11.4 Å². The molecule has 1 amide bonds. The first-order valence-corrected chi connectivity index (χ1v) is 10.5. The second-order valence-electron chi connectivity index (χ2n) is 7.71. The summed E-state index contributed by atoms with van der Waals surface area (Å²) in [4.78, 5) is 28.3. The molecule has 0 atom stereocenters. The number of methoxy groups -OCH3 is 1. The van der Waals surface area contributed by atoms with Crippen LogP contribution in [-0.4, -0.2) is 63.3 Å². The van der Waals surface area contributed by atoms with Gasteiger partial charge < -0.3 is 24.0 Å². The molecule has 0 aromatic heterocycles. The average Bonchev–Trinajstić information content (AvgIpc) is 2.81. The van der Waals surface area contributed by atoms with Gasteiger partial charge in [-0.1, -0.05) is 38.1 Å². The minimum absolute atomic E-state index is 0.200. The number of carbonyl (C=O) groups excluding carboxylic acids is 2. The van der Waals surface area contributed by atoms with Crippen LogP contribution in [0.2, 0.25) is 0 Å². The van der Waals surface area contributed by atoms with Crippen LogP contribution >= 0.6 is 0 Å². The highest BCUT2D eigenvalue weighted by molar-refractivity contribution is 5.81. The number of esters is 1. The maximum Gasteiger partial charge on any atom is 0.344 e. The Labute approximate surface area is 183 Å². The molecule has 0 N–H and O–H groups in total. The van der Waals surface area contributed by atoms with Gasteiger partial charge in [0.1, 0.15) is 11.5 Å². The summed E-state index contributed by atoms with van der Waals surface area (Å²) in [6, 6.07) is 15.4. The molecule has 2 aromatic carbocycles. The fourth-order valence-corrected chi connectivity index (χ4v) is 3.45. The first kappa shape index (κ1) is 22.5. The van der Waals surface area contributed by atoms with Crippen LogP contribution in [0, 0.1) is 0 Å². The number of piperazine rings is 1. The lowest BCUT2D eigenvalue weighted by atomic mass is 10.0. The standard InChI is InChI=1S/C24H30N2O5/c1-18(2)19-8-10-20(11-9-19)30-17-24(28)31-16-23(27)26-14-12-25(13-15-26)21-6-4-5-7-22(21)29-3/h4-11,18H,12-17H2,1-3H3. The smallest absolute Gasteiger partial charge is 0.344 e. The van der Waals surface area contributed by atoms with Crippen LogP contribution in [0.5, 0.6) is 11.5 Å². The summed E-state index contributed by atoms with van der Waals surface area (Å²) in [5.74, 6) is 1.08. The van der Waals surface area contributed by atoms with Gasteiger partial charge in [-0.2, -0.15) is 0 Å². The van der Waals surface area contributed by atoms with E-state index in [0.29, 0.717) is 37.8 Å². The van der Waals surface area contributed by atoms with Gasteiger partial charge >= 0.3 is 5.97 Å². The van der Waals surface area contributed by atoms with Crippen molar-refractivity contribution in [2.24, 2.45) is 0 Å². The van der Waals surface area contributed by atoms with Crippen molar-refractivity contribution < 1.29 is 23.8 Å².